The van der Waals surface area contributed by atoms with Crippen molar-refractivity contribution in [1.29, 1.82) is 0 Å². The number of fused-ring (bicyclic) bond motifs is 1. The van der Waals surface area contributed by atoms with E-state index in [1.807, 2.05) is 30.5 Å². The summed E-state index contributed by atoms with van der Waals surface area (Å²) in [5.41, 5.74) is 1.93. The minimum atomic E-state index is -0.755. The van der Waals surface area contributed by atoms with Crippen LogP contribution in [0.2, 0.25) is 0 Å². The minimum Gasteiger partial charge on any atom is -0.467 e. The Morgan fingerprint density at radius 1 is 1.27 bits per heavy atom. The number of hydrogen-bond acceptors (Lipinski definition) is 4. The number of nitrogens with one attached hydrogen (secondary N) is 1. The van der Waals surface area contributed by atoms with Crippen LogP contribution < -0.4 is 0 Å². The number of hydrogen-bond donors (Lipinski definition) is 1. The molecular formula is C19H19BrN2O4. The quantitative estimate of drug-likeness (QED) is 0.471. The summed E-state index contributed by atoms with van der Waals surface area (Å²) in [5, 5.41) is 1.13. The molecule has 0 aliphatic rings. The van der Waals surface area contributed by atoms with E-state index in [1.54, 1.807) is 18.4 Å². The number of para-hydroxylation sites is 1. The van der Waals surface area contributed by atoms with E-state index in [1.165, 1.54) is 12.0 Å². The number of nitrogens with zero attached hydrogens (tertiary/aromatic N) is 1. The number of H-pyrrole nitrogens is 1. The van der Waals surface area contributed by atoms with Crippen LogP contribution in [0, 0.1) is 0 Å². The summed E-state index contributed by atoms with van der Waals surface area (Å²) in [6, 6.07) is 10.6. The van der Waals surface area contributed by atoms with Crippen LogP contribution in [0.4, 0.5) is 0 Å². The molecule has 0 saturated heterocycles. The molecule has 0 saturated carbocycles. The second-order valence-corrected chi connectivity index (χ2v) is 6.40. The summed E-state index contributed by atoms with van der Waals surface area (Å²) in [6.45, 7) is 0.194. The number of alkyl halides is 1. The molecule has 3 rings (SSSR count). The van der Waals surface area contributed by atoms with Gasteiger partial charge in [0.1, 0.15) is 11.8 Å². The Bertz CT molecular complexity index is 888. The van der Waals surface area contributed by atoms with E-state index in [-0.39, 0.29) is 17.8 Å². The van der Waals surface area contributed by atoms with Crippen molar-refractivity contribution in [3.05, 3.63) is 60.2 Å². The summed E-state index contributed by atoms with van der Waals surface area (Å²) >= 11 is 3.20. The van der Waals surface area contributed by atoms with Crippen molar-refractivity contribution in [2.24, 2.45) is 0 Å². The number of rotatable bonds is 7. The summed E-state index contributed by atoms with van der Waals surface area (Å²) < 4.78 is 10.3. The Balaban J connectivity index is 1.94. The van der Waals surface area contributed by atoms with Gasteiger partial charge in [-0.15, -0.1) is 0 Å². The number of carbonyl (C=O) groups excluding carboxylic acids is 2. The lowest BCUT2D eigenvalue weighted by Gasteiger charge is -2.29. The zero-order chi connectivity index (χ0) is 18.5. The van der Waals surface area contributed by atoms with E-state index in [4.69, 9.17) is 9.15 Å². The fraction of sp³-hybridized carbons (Fsp3) is 0.263. The molecule has 1 N–H and O–H groups in total. The summed E-state index contributed by atoms with van der Waals surface area (Å²) in [4.78, 5) is 29.7. The van der Waals surface area contributed by atoms with Crippen molar-refractivity contribution >= 4 is 38.7 Å². The highest BCUT2D eigenvalue weighted by Gasteiger charge is 2.31. The van der Waals surface area contributed by atoms with Crippen molar-refractivity contribution in [2.45, 2.75) is 19.0 Å². The number of aromatic amines is 1. The molecule has 2 aromatic heterocycles. The van der Waals surface area contributed by atoms with Crippen LogP contribution in [-0.2, 0) is 27.3 Å². The smallest absolute Gasteiger partial charge is 0.328 e. The van der Waals surface area contributed by atoms with Gasteiger partial charge in [-0.25, -0.2) is 4.79 Å². The van der Waals surface area contributed by atoms with Crippen LogP contribution in [0.3, 0.4) is 0 Å². The number of esters is 1. The number of furan rings is 1. The molecule has 1 aromatic carbocycles. The van der Waals surface area contributed by atoms with Crippen molar-refractivity contribution in [3.63, 3.8) is 0 Å². The molecule has 0 radical (unpaired) electrons. The third kappa shape index (κ3) is 3.83. The predicted octanol–water partition coefficient (Wildman–Crippen LogP) is 3.27. The van der Waals surface area contributed by atoms with Gasteiger partial charge in [0.25, 0.3) is 0 Å². The topological polar surface area (TPSA) is 75.5 Å². The normalized spacial score (nSPS) is 12.1. The van der Waals surface area contributed by atoms with Crippen LogP contribution >= 0.6 is 15.9 Å². The lowest BCUT2D eigenvalue weighted by molar-refractivity contribution is -0.152. The molecule has 26 heavy (non-hydrogen) atoms. The molecule has 0 unspecified atom stereocenters. The van der Waals surface area contributed by atoms with E-state index in [0.29, 0.717) is 12.2 Å². The van der Waals surface area contributed by atoms with Crippen LogP contribution in [0.5, 0.6) is 0 Å². The number of halogens is 1. The standard InChI is InChI=1S/C19H19BrN2O4/c1-25-19(24)17(9-13-11-21-16-7-3-2-6-15(13)16)22(18(23)10-20)12-14-5-4-8-26-14/h2-8,11,17,21H,9-10,12H2,1H3/t17-/m0/s1. The summed E-state index contributed by atoms with van der Waals surface area (Å²) in [6.07, 6.45) is 3.75. The zero-order valence-electron chi connectivity index (χ0n) is 14.3. The minimum absolute atomic E-state index is 0.106. The lowest BCUT2D eigenvalue weighted by Crippen LogP contribution is -2.47. The van der Waals surface area contributed by atoms with Crippen molar-refractivity contribution in [3.8, 4) is 0 Å². The van der Waals surface area contributed by atoms with Gasteiger partial charge in [0.15, 0.2) is 0 Å². The monoisotopic (exact) mass is 418 g/mol. The molecule has 0 fully saturated rings. The fourth-order valence-corrected chi connectivity index (χ4v) is 3.31. The number of aromatic nitrogens is 1. The largest absolute Gasteiger partial charge is 0.467 e. The average Bonchev–Trinajstić information content (AvgIpc) is 3.33. The molecule has 136 valence electrons. The Kier molecular flexibility index (Phi) is 5.78. The highest BCUT2D eigenvalue weighted by Crippen LogP contribution is 2.22. The van der Waals surface area contributed by atoms with Crippen molar-refractivity contribution < 1.29 is 18.7 Å². The van der Waals surface area contributed by atoms with Gasteiger partial charge in [-0.05, 0) is 23.8 Å². The zero-order valence-corrected chi connectivity index (χ0v) is 15.9. The van der Waals surface area contributed by atoms with E-state index in [0.717, 1.165) is 16.5 Å². The van der Waals surface area contributed by atoms with Gasteiger partial charge < -0.3 is 19.0 Å². The van der Waals surface area contributed by atoms with E-state index in [9.17, 15) is 9.59 Å². The van der Waals surface area contributed by atoms with Gasteiger partial charge in [-0.2, -0.15) is 0 Å². The number of carbonyl (C=O) groups is 2. The Morgan fingerprint density at radius 2 is 2.08 bits per heavy atom. The maximum Gasteiger partial charge on any atom is 0.328 e. The maximum atomic E-state index is 12.5. The van der Waals surface area contributed by atoms with Gasteiger partial charge in [-0.1, -0.05) is 34.1 Å². The molecule has 0 spiro atoms. The average molecular weight is 419 g/mol. The summed E-state index contributed by atoms with van der Waals surface area (Å²) in [7, 11) is 1.33. The van der Waals surface area contributed by atoms with Gasteiger partial charge in [-0.3, -0.25) is 4.79 Å². The van der Waals surface area contributed by atoms with E-state index < -0.39 is 12.0 Å². The Labute approximate surface area is 159 Å². The lowest BCUT2D eigenvalue weighted by atomic mass is 10.0. The highest BCUT2D eigenvalue weighted by molar-refractivity contribution is 9.09. The molecule has 7 heteroatoms. The van der Waals surface area contributed by atoms with Gasteiger partial charge in [0, 0.05) is 23.5 Å². The summed E-state index contributed by atoms with van der Waals surface area (Å²) in [5.74, 6) is -0.0695. The SMILES string of the molecule is COC(=O)[C@H](Cc1c[nH]c2ccccc12)N(Cc1ccco1)C(=O)CBr. The van der Waals surface area contributed by atoms with Gasteiger partial charge in [0.2, 0.25) is 5.91 Å². The fourth-order valence-electron chi connectivity index (χ4n) is 2.98. The van der Waals surface area contributed by atoms with E-state index in [2.05, 4.69) is 20.9 Å². The predicted molar refractivity (Wildman–Crippen MR) is 101 cm³/mol. The Hall–Kier alpha value is -2.54. The molecule has 3 aromatic rings. The van der Waals surface area contributed by atoms with Crippen molar-refractivity contribution in [2.75, 3.05) is 12.4 Å². The Morgan fingerprint density at radius 3 is 2.77 bits per heavy atom. The molecule has 1 amide bonds. The first-order valence-electron chi connectivity index (χ1n) is 8.14. The number of amides is 1. The van der Waals surface area contributed by atoms with Crippen LogP contribution in [-0.4, -0.2) is 40.2 Å². The van der Waals surface area contributed by atoms with E-state index >= 15 is 0 Å². The first kappa shape index (κ1) is 18.3. The van der Waals surface area contributed by atoms with Crippen LogP contribution in [0.25, 0.3) is 10.9 Å². The number of benzene rings is 1. The molecule has 6 nitrogen and oxygen atoms in total. The third-order valence-corrected chi connectivity index (χ3v) is 4.76. The molecule has 0 bridgehead atoms. The van der Waals surface area contributed by atoms with Gasteiger partial charge in [0.05, 0.1) is 25.2 Å². The second-order valence-electron chi connectivity index (χ2n) is 5.84. The molecule has 1 atom stereocenters. The van der Waals surface area contributed by atoms with Crippen LogP contribution in [0.1, 0.15) is 11.3 Å². The number of ether oxygens (including phenoxy) is 1. The molecule has 0 aliphatic heterocycles. The molecular weight excluding hydrogens is 400 g/mol. The maximum absolute atomic E-state index is 12.5. The molecule has 0 aliphatic carbocycles. The first-order valence-corrected chi connectivity index (χ1v) is 9.26. The van der Waals surface area contributed by atoms with Crippen molar-refractivity contribution in [1.82, 2.24) is 9.88 Å². The second kappa shape index (κ2) is 8.23. The van der Waals surface area contributed by atoms with Crippen LogP contribution in [0.15, 0.2) is 53.3 Å². The molecule has 2 heterocycles. The highest BCUT2D eigenvalue weighted by atomic mass is 79.9. The number of methoxy groups -OCH3 is 1. The third-order valence-electron chi connectivity index (χ3n) is 4.28. The van der Waals surface area contributed by atoms with Gasteiger partial charge >= 0.3 is 5.97 Å². The first-order chi connectivity index (χ1) is 12.6.